The molecule has 0 saturated carbocycles. The second-order valence-corrected chi connectivity index (χ2v) is 6.72. The largest absolute Gasteiger partial charge is 0.370 e. The van der Waals surface area contributed by atoms with Gasteiger partial charge in [-0.25, -0.2) is 4.99 Å². The molecule has 1 aromatic carbocycles. The fourth-order valence-corrected chi connectivity index (χ4v) is 3.26. The van der Waals surface area contributed by atoms with Gasteiger partial charge in [0.25, 0.3) is 0 Å². The summed E-state index contributed by atoms with van der Waals surface area (Å²) in [6.07, 6.45) is 0.979. The molecule has 0 spiro atoms. The summed E-state index contributed by atoms with van der Waals surface area (Å²) < 4.78 is 0. The van der Waals surface area contributed by atoms with E-state index in [9.17, 15) is 0 Å². The Bertz CT molecular complexity index is 618. The molecule has 1 heterocycles. The zero-order valence-electron chi connectivity index (χ0n) is 14.7. The number of thiophene rings is 1. The molecule has 0 aliphatic rings. The number of guanidine groups is 1. The van der Waals surface area contributed by atoms with Gasteiger partial charge in [-0.3, -0.25) is 4.90 Å². The minimum atomic E-state index is 0.518. The van der Waals surface area contributed by atoms with Gasteiger partial charge < -0.3 is 11.1 Å². The van der Waals surface area contributed by atoms with E-state index in [2.05, 4.69) is 70.8 Å². The molecule has 1 aromatic heterocycles. The molecule has 0 amide bonds. The second-order valence-electron chi connectivity index (χ2n) is 5.69. The van der Waals surface area contributed by atoms with E-state index in [0.717, 1.165) is 32.6 Å². The first-order valence-electron chi connectivity index (χ1n) is 8.58. The second kappa shape index (κ2) is 10.1. The van der Waals surface area contributed by atoms with Crippen LogP contribution >= 0.6 is 11.3 Å². The van der Waals surface area contributed by atoms with Crippen molar-refractivity contribution in [2.75, 3.05) is 19.6 Å². The predicted molar refractivity (Wildman–Crippen MR) is 104 cm³/mol. The number of rotatable bonds is 9. The SMILES string of the molecule is CCN(CC)Cc1ccccc1CN=C(N)NCCc1cccs1. The van der Waals surface area contributed by atoms with E-state index in [1.165, 1.54) is 16.0 Å². The summed E-state index contributed by atoms with van der Waals surface area (Å²) in [4.78, 5) is 8.27. The first-order valence-corrected chi connectivity index (χ1v) is 9.46. The van der Waals surface area contributed by atoms with Crippen molar-refractivity contribution in [1.82, 2.24) is 10.2 Å². The molecule has 2 rings (SSSR count). The molecule has 0 aliphatic carbocycles. The lowest BCUT2D eigenvalue weighted by molar-refractivity contribution is 0.295. The Morgan fingerprint density at radius 2 is 1.88 bits per heavy atom. The number of benzene rings is 1. The highest BCUT2D eigenvalue weighted by molar-refractivity contribution is 7.09. The molecular weight excluding hydrogens is 316 g/mol. The molecule has 4 nitrogen and oxygen atoms in total. The van der Waals surface area contributed by atoms with Crippen LogP contribution in [0.2, 0.25) is 0 Å². The minimum absolute atomic E-state index is 0.518. The zero-order chi connectivity index (χ0) is 17.2. The molecule has 0 bridgehead atoms. The topological polar surface area (TPSA) is 53.6 Å². The van der Waals surface area contributed by atoms with Crippen molar-refractivity contribution < 1.29 is 0 Å². The quantitative estimate of drug-likeness (QED) is 0.542. The maximum atomic E-state index is 6.00. The molecule has 3 N–H and O–H groups in total. The lowest BCUT2D eigenvalue weighted by atomic mass is 10.1. The molecule has 5 heteroatoms. The Kier molecular flexibility index (Phi) is 7.79. The van der Waals surface area contributed by atoms with Crippen LogP contribution in [-0.2, 0) is 19.5 Å². The van der Waals surface area contributed by atoms with E-state index >= 15 is 0 Å². The summed E-state index contributed by atoms with van der Waals surface area (Å²) in [5, 5.41) is 5.29. The molecule has 0 radical (unpaired) electrons. The van der Waals surface area contributed by atoms with Gasteiger partial charge in [0.05, 0.1) is 6.54 Å². The van der Waals surface area contributed by atoms with E-state index < -0.39 is 0 Å². The summed E-state index contributed by atoms with van der Waals surface area (Å²) in [6.45, 7) is 8.90. The van der Waals surface area contributed by atoms with Crippen LogP contribution in [0.4, 0.5) is 0 Å². The van der Waals surface area contributed by atoms with Gasteiger partial charge in [-0.1, -0.05) is 44.2 Å². The van der Waals surface area contributed by atoms with Gasteiger partial charge >= 0.3 is 0 Å². The number of nitrogens with two attached hydrogens (primary N) is 1. The van der Waals surface area contributed by atoms with E-state index in [1.807, 2.05) is 0 Å². The van der Waals surface area contributed by atoms with Crippen LogP contribution in [0.3, 0.4) is 0 Å². The summed E-state index contributed by atoms with van der Waals surface area (Å²) in [5.74, 6) is 0.518. The van der Waals surface area contributed by atoms with Crippen molar-refractivity contribution in [2.45, 2.75) is 33.4 Å². The van der Waals surface area contributed by atoms with Gasteiger partial charge in [-0.05, 0) is 42.1 Å². The monoisotopic (exact) mass is 344 g/mol. The molecule has 2 aromatic rings. The number of aliphatic imine (C=N–C) groups is 1. The predicted octanol–water partition coefficient (Wildman–Crippen LogP) is 3.24. The zero-order valence-corrected chi connectivity index (χ0v) is 15.5. The molecule has 0 atom stereocenters. The van der Waals surface area contributed by atoms with Crippen molar-refractivity contribution in [3.05, 3.63) is 57.8 Å². The van der Waals surface area contributed by atoms with Gasteiger partial charge in [0.2, 0.25) is 0 Å². The van der Waals surface area contributed by atoms with Crippen LogP contribution in [-0.4, -0.2) is 30.5 Å². The third kappa shape index (κ3) is 5.98. The van der Waals surface area contributed by atoms with Crippen molar-refractivity contribution in [2.24, 2.45) is 10.7 Å². The highest BCUT2D eigenvalue weighted by atomic mass is 32.1. The fourth-order valence-electron chi connectivity index (χ4n) is 2.55. The molecule has 24 heavy (non-hydrogen) atoms. The van der Waals surface area contributed by atoms with E-state index in [4.69, 9.17) is 5.73 Å². The standard InChI is InChI=1S/C19H28N4S/c1-3-23(4-2)15-17-9-6-5-8-16(17)14-22-19(20)21-12-11-18-10-7-13-24-18/h5-10,13H,3-4,11-12,14-15H2,1-2H3,(H3,20,21,22). The summed E-state index contributed by atoms with van der Waals surface area (Å²) in [6, 6.07) is 12.7. The number of hydrogen-bond donors (Lipinski definition) is 2. The molecule has 0 saturated heterocycles. The van der Waals surface area contributed by atoms with Crippen molar-refractivity contribution in [3.63, 3.8) is 0 Å². The Hall–Kier alpha value is -1.85. The minimum Gasteiger partial charge on any atom is -0.370 e. The molecule has 0 aliphatic heterocycles. The van der Waals surface area contributed by atoms with Crippen LogP contribution in [0.15, 0.2) is 46.8 Å². The smallest absolute Gasteiger partial charge is 0.188 e. The molecule has 130 valence electrons. The van der Waals surface area contributed by atoms with Gasteiger partial charge in [-0.2, -0.15) is 0 Å². The highest BCUT2D eigenvalue weighted by Gasteiger charge is 2.06. The van der Waals surface area contributed by atoms with Crippen molar-refractivity contribution >= 4 is 17.3 Å². The Balaban J connectivity index is 1.87. The summed E-state index contributed by atoms with van der Waals surface area (Å²) in [7, 11) is 0. The first kappa shape index (κ1) is 18.5. The van der Waals surface area contributed by atoms with E-state index in [-0.39, 0.29) is 0 Å². The average Bonchev–Trinajstić information content (AvgIpc) is 3.12. The normalized spacial score (nSPS) is 11.9. The molecule has 0 fully saturated rings. The average molecular weight is 345 g/mol. The number of nitrogens with one attached hydrogen (secondary N) is 1. The first-order chi connectivity index (χ1) is 11.7. The number of hydrogen-bond acceptors (Lipinski definition) is 3. The van der Waals surface area contributed by atoms with E-state index in [1.54, 1.807) is 11.3 Å². The van der Waals surface area contributed by atoms with Gasteiger partial charge in [0.1, 0.15) is 0 Å². The van der Waals surface area contributed by atoms with Gasteiger partial charge in [-0.15, -0.1) is 11.3 Å². The highest BCUT2D eigenvalue weighted by Crippen LogP contribution is 2.13. The van der Waals surface area contributed by atoms with Crippen LogP contribution in [0.5, 0.6) is 0 Å². The summed E-state index contributed by atoms with van der Waals surface area (Å²) in [5.41, 5.74) is 8.57. The number of nitrogens with zero attached hydrogens (tertiary/aromatic N) is 2. The third-order valence-corrected chi connectivity index (χ3v) is 5.02. The maximum absolute atomic E-state index is 6.00. The fraction of sp³-hybridized carbons (Fsp3) is 0.421. The van der Waals surface area contributed by atoms with Gasteiger partial charge in [0, 0.05) is 18.0 Å². The Labute approximate surface area is 149 Å². The van der Waals surface area contributed by atoms with Crippen molar-refractivity contribution in [3.8, 4) is 0 Å². The van der Waals surface area contributed by atoms with Crippen LogP contribution in [0.1, 0.15) is 29.9 Å². The van der Waals surface area contributed by atoms with Gasteiger partial charge in [0.15, 0.2) is 5.96 Å². The van der Waals surface area contributed by atoms with E-state index in [0.29, 0.717) is 12.5 Å². The van der Waals surface area contributed by atoms with Crippen molar-refractivity contribution in [1.29, 1.82) is 0 Å². The Morgan fingerprint density at radius 1 is 1.12 bits per heavy atom. The third-order valence-electron chi connectivity index (χ3n) is 4.08. The van der Waals surface area contributed by atoms with Crippen LogP contribution < -0.4 is 11.1 Å². The lowest BCUT2D eigenvalue weighted by Gasteiger charge is -2.19. The summed E-state index contributed by atoms with van der Waals surface area (Å²) >= 11 is 1.77. The maximum Gasteiger partial charge on any atom is 0.188 e. The molecular formula is C19H28N4S. The Morgan fingerprint density at radius 3 is 2.54 bits per heavy atom. The molecule has 0 unspecified atom stereocenters. The van der Waals surface area contributed by atoms with Crippen LogP contribution in [0, 0.1) is 0 Å². The lowest BCUT2D eigenvalue weighted by Crippen LogP contribution is -2.33. The van der Waals surface area contributed by atoms with Crippen LogP contribution in [0.25, 0.3) is 0 Å².